The van der Waals surface area contributed by atoms with Gasteiger partial charge in [-0.15, -0.1) is 0 Å². The average Bonchev–Trinajstić information content (AvgIpc) is 2.52. The van der Waals surface area contributed by atoms with Gasteiger partial charge in [0, 0.05) is 13.5 Å². The van der Waals surface area contributed by atoms with E-state index in [0.717, 1.165) is 4.90 Å². The first-order chi connectivity index (χ1) is 10.5. The molecule has 0 saturated carbocycles. The zero-order valence-electron chi connectivity index (χ0n) is 11.8. The fourth-order valence-electron chi connectivity index (χ4n) is 1.63. The van der Waals surface area contributed by atoms with Crippen molar-refractivity contribution in [2.75, 3.05) is 13.7 Å². The number of nitrogens with one attached hydrogen (secondary N) is 1. The SMILES string of the molecule is CN(C#N)C(=O)C(Cc1ccc(O)cc1)NC(=O)OCC#N. The molecule has 0 spiro atoms. The van der Waals surface area contributed by atoms with Crippen LogP contribution in [0.2, 0.25) is 0 Å². The van der Waals surface area contributed by atoms with Crippen molar-refractivity contribution in [2.45, 2.75) is 12.5 Å². The second kappa shape index (κ2) is 8.12. The third-order valence-electron chi connectivity index (χ3n) is 2.71. The summed E-state index contributed by atoms with van der Waals surface area (Å²) < 4.78 is 4.54. The number of hydrogen-bond acceptors (Lipinski definition) is 6. The topological polar surface area (TPSA) is 126 Å². The summed E-state index contributed by atoms with van der Waals surface area (Å²) in [5.41, 5.74) is 0.670. The Morgan fingerprint density at radius 3 is 2.55 bits per heavy atom. The number of benzene rings is 1. The van der Waals surface area contributed by atoms with Crippen LogP contribution < -0.4 is 5.32 Å². The largest absolute Gasteiger partial charge is 0.508 e. The van der Waals surface area contributed by atoms with E-state index in [4.69, 9.17) is 10.5 Å². The summed E-state index contributed by atoms with van der Waals surface area (Å²) in [7, 11) is 1.27. The number of nitrogens with zero attached hydrogens (tertiary/aromatic N) is 3. The zero-order chi connectivity index (χ0) is 16.5. The van der Waals surface area contributed by atoms with Gasteiger partial charge in [0.2, 0.25) is 0 Å². The van der Waals surface area contributed by atoms with E-state index in [1.54, 1.807) is 24.4 Å². The molecule has 8 heteroatoms. The second-order valence-corrected chi connectivity index (χ2v) is 4.30. The lowest BCUT2D eigenvalue weighted by molar-refractivity contribution is -0.129. The third kappa shape index (κ3) is 5.02. The van der Waals surface area contributed by atoms with Crippen LogP contribution in [0, 0.1) is 22.8 Å². The fourth-order valence-corrected chi connectivity index (χ4v) is 1.63. The van der Waals surface area contributed by atoms with Gasteiger partial charge in [0.1, 0.15) is 17.9 Å². The molecule has 22 heavy (non-hydrogen) atoms. The van der Waals surface area contributed by atoms with Crippen molar-refractivity contribution in [3.8, 4) is 18.0 Å². The highest BCUT2D eigenvalue weighted by Crippen LogP contribution is 2.12. The van der Waals surface area contributed by atoms with Gasteiger partial charge in [-0.2, -0.15) is 10.5 Å². The molecule has 0 aliphatic heterocycles. The number of rotatable bonds is 5. The quantitative estimate of drug-likeness (QED) is 0.602. The van der Waals surface area contributed by atoms with Crippen molar-refractivity contribution < 1.29 is 19.4 Å². The second-order valence-electron chi connectivity index (χ2n) is 4.30. The van der Waals surface area contributed by atoms with Crippen LogP contribution in [0.4, 0.5) is 4.79 Å². The van der Waals surface area contributed by atoms with Crippen LogP contribution in [-0.4, -0.2) is 41.7 Å². The van der Waals surface area contributed by atoms with Crippen LogP contribution in [0.1, 0.15) is 5.56 Å². The van der Waals surface area contributed by atoms with Crippen LogP contribution in [0.3, 0.4) is 0 Å². The van der Waals surface area contributed by atoms with Crippen LogP contribution in [-0.2, 0) is 16.0 Å². The van der Waals surface area contributed by atoms with Gasteiger partial charge < -0.3 is 15.2 Å². The van der Waals surface area contributed by atoms with Crippen LogP contribution in [0.5, 0.6) is 5.75 Å². The Bertz CT molecular complexity index is 615. The van der Waals surface area contributed by atoms with Gasteiger partial charge >= 0.3 is 6.09 Å². The number of phenolic OH excluding ortho intramolecular Hbond substituents is 1. The van der Waals surface area contributed by atoms with Crippen molar-refractivity contribution in [1.82, 2.24) is 10.2 Å². The van der Waals surface area contributed by atoms with Crippen molar-refractivity contribution in [2.24, 2.45) is 0 Å². The first kappa shape index (κ1) is 16.8. The number of phenols is 1. The van der Waals surface area contributed by atoms with Gasteiger partial charge in [-0.3, -0.25) is 9.69 Å². The number of alkyl carbamates (subject to hydrolysis) is 1. The monoisotopic (exact) mass is 302 g/mol. The number of carbonyl (C=O) groups is 2. The lowest BCUT2D eigenvalue weighted by Crippen LogP contribution is -2.47. The van der Waals surface area contributed by atoms with E-state index < -0.39 is 24.6 Å². The molecule has 0 saturated heterocycles. The molecule has 1 atom stereocenters. The van der Waals surface area contributed by atoms with Crippen molar-refractivity contribution in [1.29, 1.82) is 10.5 Å². The molecule has 0 bridgehead atoms. The van der Waals surface area contributed by atoms with E-state index in [1.165, 1.54) is 19.2 Å². The Kier molecular flexibility index (Phi) is 6.20. The maximum absolute atomic E-state index is 12.1. The molecule has 114 valence electrons. The van der Waals surface area contributed by atoms with E-state index in [1.807, 2.05) is 0 Å². The standard InChI is InChI=1S/C14H14N4O4/c1-18(9-16)13(20)12(17-14(21)22-7-6-15)8-10-2-4-11(19)5-3-10/h2-5,12,19H,7-8H2,1H3,(H,17,21). The molecule has 0 heterocycles. The van der Waals surface area contributed by atoms with Crippen molar-refractivity contribution >= 4 is 12.0 Å². The molecule has 2 N–H and O–H groups in total. The molecular formula is C14H14N4O4. The summed E-state index contributed by atoms with van der Waals surface area (Å²) in [6.45, 7) is -0.444. The lowest BCUT2D eigenvalue weighted by Gasteiger charge is -2.19. The number of aromatic hydroxyl groups is 1. The Morgan fingerprint density at radius 2 is 2.00 bits per heavy atom. The summed E-state index contributed by atoms with van der Waals surface area (Å²) >= 11 is 0. The highest BCUT2D eigenvalue weighted by atomic mass is 16.5. The van der Waals surface area contributed by atoms with Crippen molar-refractivity contribution in [3.63, 3.8) is 0 Å². The number of likely N-dealkylation sites (N-methyl/N-ethyl adjacent to an activating group) is 1. The molecule has 0 fully saturated rings. The van der Waals surface area contributed by atoms with Crippen LogP contribution >= 0.6 is 0 Å². The number of ether oxygens (including phenoxy) is 1. The Hall–Kier alpha value is -3.26. The molecule has 0 radical (unpaired) electrons. The Labute approximate surface area is 127 Å². The molecule has 1 aromatic rings. The normalized spacial score (nSPS) is 10.7. The fraction of sp³-hybridized carbons (Fsp3) is 0.286. The smallest absolute Gasteiger partial charge is 0.408 e. The van der Waals surface area contributed by atoms with E-state index in [-0.39, 0.29) is 12.2 Å². The summed E-state index contributed by atoms with van der Waals surface area (Å²) in [5.74, 6) is -0.549. The Morgan fingerprint density at radius 1 is 1.36 bits per heavy atom. The third-order valence-corrected chi connectivity index (χ3v) is 2.71. The first-order valence-corrected chi connectivity index (χ1v) is 6.23. The van der Waals surface area contributed by atoms with Crippen LogP contribution in [0.25, 0.3) is 0 Å². The number of carbonyl (C=O) groups excluding carboxylic acids is 2. The predicted molar refractivity (Wildman–Crippen MR) is 74.1 cm³/mol. The molecule has 1 rings (SSSR count). The van der Waals surface area contributed by atoms with Gasteiger partial charge in [0.05, 0.1) is 0 Å². The zero-order valence-corrected chi connectivity index (χ0v) is 11.8. The highest BCUT2D eigenvalue weighted by molar-refractivity contribution is 5.86. The van der Waals surface area contributed by atoms with Crippen molar-refractivity contribution in [3.05, 3.63) is 29.8 Å². The predicted octanol–water partition coefficient (Wildman–Crippen LogP) is 0.493. The summed E-state index contributed by atoms with van der Waals surface area (Å²) in [4.78, 5) is 24.4. The molecule has 0 aliphatic rings. The minimum atomic E-state index is -1.03. The van der Waals surface area contributed by atoms with Crippen LogP contribution in [0.15, 0.2) is 24.3 Å². The maximum atomic E-state index is 12.1. The molecule has 0 aliphatic carbocycles. The van der Waals surface area contributed by atoms with Gasteiger partial charge in [-0.25, -0.2) is 4.79 Å². The molecule has 8 nitrogen and oxygen atoms in total. The summed E-state index contributed by atoms with van der Waals surface area (Å²) in [6.07, 6.45) is 0.834. The minimum absolute atomic E-state index is 0.0714. The Balaban J connectivity index is 2.84. The minimum Gasteiger partial charge on any atom is -0.508 e. The molecular weight excluding hydrogens is 288 g/mol. The summed E-state index contributed by atoms with van der Waals surface area (Å²) in [5, 5.41) is 28.7. The van der Waals surface area contributed by atoms with Gasteiger partial charge in [-0.1, -0.05) is 12.1 Å². The highest BCUT2D eigenvalue weighted by Gasteiger charge is 2.25. The lowest BCUT2D eigenvalue weighted by atomic mass is 10.0. The molecule has 2 amide bonds. The molecule has 1 unspecified atom stereocenters. The van der Waals surface area contributed by atoms with E-state index >= 15 is 0 Å². The number of amides is 2. The average molecular weight is 302 g/mol. The number of hydrogen-bond donors (Lipinski definition) is 2. The number of nitriles is 2. The van der Waals surface area contributed by atoms with E-state index in [9.17, 15) is 14.7 Å². The van der Waals surface area contributed by atoms with E-state index in [0.29, 0.717) is 5.56 Å². The van der Waals surface area contributed by atoms with E-state index in [2.05, 4.69) is 10.1 Å². The maximum Gasteiger partial charge on any atom is 0.408 e. The first-order valence-electron chi connectivity index (χ1n) is 6.23. The van der Waals surface area contributed by atoms with Gasteiger partial charge in [0.15, 0.2) is 12.8 Å². The van der Waals surface area contributed by atoms with Gasteiger partial charge in [-0.05, 0) is 17.7 Å². The molecule has 1 aromatic carbocycles. The summed E-state index contributed by atoms with van der Waals surface area (Å²) in [6, 6.07) is 6.67. The van der Waals surface area contributed by atoms with Gasteiger partial charge in [0.25, 0.3) is 5.91 Å². The molecule has 0 aromatic heterocycles.